The van der Waals surface area contributed by atoms with Crippen molar-refractivity contribution >= 4 is 17.7 Å². The van der Waals surface area contributed by atoms with E-state index < -0.39 is 5.41 Å². The smallest absolute Gasteiger partial charge is 0.167 e. The van der Waals surface area contributed by atoms with Crippen molar-refractivity contribution in [3.8, 4) is 0 Å². The highest BCUT2D eigenvalue weighted by atomic mass is 16.5. The van der Waals surface area contributed by atoms with Crippen molar-refractivity contribution in [3.05, 3.63) is 65.4 Å². The van der Waals surface area contributed by atoms with Gasteiger partial charge < -0.3 is 9.64 Å². The van der Waals surface area contributed by atoms with Gasteiger partial charge in [-0.15, -0.1) is 0 Å². The van der Waals surface area contributed by atoms with Gasteiger partial charge in [0.25, 0.3) is 0 Å². The summed E-state index contributed by atoms with van der Waals surface area (Å²) in [4.78, 5) is 22.5. The second-order valence-electron chi connectivity index (χ2n) is 9.61. The lowest BCUT2D eigenvalue weighted by Gasteiger charge is -2.39. The van der Waals surface area contributed by atoms with Crippen LogP contribution in [0.5, 0.6) is 0 Å². The molecule has 2 aliphatic heterocycles. The lowest BCUT2D eigenvalue weighted by Crippen LogP contribution is -2.50. The highest BCUT2D eigenvalue weighted by Crippen LogP contribution is 2.31. The molecule has 2 fully saturated rings. The van der Waals surface area contributed by atoms with Gasteiger partial charge in [-0.3, -0.25) is 9.69 Å². The molecule has 2 atom stereocenters. The van der Waals surface area contributed by atoms with E-state index in [1.165, 1.54) is 5.56 Å². The second-order valence-corrected chi connectivity index (χ2v) is 9.61. The molecule has 2 unspecified atom stereocenters. The molecule has 0 N–H and O–H groups in total. The van der Waals surface area contributed by atoms with Gasteiger partial charge in [0.2, 0.25) is 0 Å². The summed E-state index contributed by atoms with van der Waals surface area (Å²) < 4.78 is 5.63. The lowest BCUT2D eigenvalue weighted by atomic mass is 9.79. The molecule has 2 aliphatic rings. The summed E-state index contributed by atoms with van der Waals surface area (Å²) in [5.41, 5.74) is 2.70. The van der Waals surface area contributed by atoms with Gasteiger partial charge in [0, 0.05) is 36.8 Å². The van der Waals surface area contributed by atoms with Crippen LogP contribution in [0.4, 0.5) is 5.82 Å². The number of Topliss-reactive ketones (excluding diaryl/α,β-unsaturated/α-hetero) is 1. The first-order valence-corrected chi connectivity index (χ1v) is 11.2. The lowest BCUT2D eigenvalue weighted by molar-refractivity contribution is -0.126. The largest absolute Gasteiger partial charge is 0.377 e. The molecule has 0 radical (unpaired) electrons. The van der Waals surface area contributed by atoms with Crippen molar-refractivity contribution in [1.29, 1.82) is 0 Å². The van der Waals surface area contributed by atoms with E-state index >= 15 is 0 Å². The molecule has 4 rings (SSSR count). The van der Waals surface area contributed by atoms with Crippen molar-refractivity contribution < 1.29 is 9.53 Å². The Morgan fingerprint density at radius 1 is 1.10 bits per heavy atom. The monoisotopic (exact) mass is 419 g/mol. The van der Waals surface area contributed by atoms with Crippen LogP contribution in [0.15, 0.2) is 54.2 Å². The quantitative estimate of drug-likeness (QED) is 0.696. The normalized spacial score (nSPS) is 25.7. The van der Waals surface area contributed by atoms with Gasteiger partial charge in [-0.25, -0.2) is 4.98 Å². The topological polar surface area (TPSA) is 45.7 Å². The summed E-state index contributed by atoms with van der Waals surface area (Å²) in [6, 6.07) is 15.2. The average molecular weight is 420 g/mol. The Morgan fingerprint density at radius 2 is 1.81 bits per heavy atom. The number of piperidine rings is 1. The number of pyridine rings is 1. The van der Waals surface area contributed by atoms with Crippen LogP contribution in [0.3, 0.4) is 0 Å². The second kappa shape index (κ2) is 8.93. The summed E-state index contributed by atoms with van der Waals surface area (Å²) in [7, 11) is 0. The molecule has 5 nitrogen and oxygen atoms in total. The van der Waals surface area contributed by atoms with Crippen LogP contribution >= 0.6 is 0 Å². The molecule has 0 bridgehead atoms. The van der Waals surface area contributed by atoms with E-state index in [1.807, 2.05) is 32.2 Å². The van der Waals surface area contributed by atoms with E-state index in [0.717, 1.165) is 43.3 Å². The number of anilines is 1. The molecule has 2 saturated heterocycles. The Hall–Kier alpha value is -2.50. The fourth-order valence-electron chi connectivity index (χ4n) is 4.79. The number of nitrogens with zero attached hydrogens (tertiary/aromatic N) is 3. The third-order valence-corrected chi connectivity index (χ3v) is 6.21. The number of morpholine rings is 1. The van der Waals surface area contributed by atoms with Crippen LogP contribution in [0.25, 0.3) is 6.08 Å². The Balaban J connectivity index is 1.53. The van der Waals surface area contributed by atoms with Gasteiger partial charge >= 0.3 is 0 Å². The number of hydrogen-bond acceptors (Lipinski definition) is 5. The zero-order chi connectivity index (χ0) is 22.0. The Bertz CT molecular complexity index is 927. The van der Waals surface area contributed by atoms with Gasteiger partial charge in [0.05, 0.1) is 25.3 Å². The number of ether oxygens (including phenoxy) is 1. The van der Waals surface area contributed by atoms with E-state index in [4.69, 9.17) is 9.72 Å². The standard InChI is InChI=1S/C26H33N3O2/c1-19-16-31-17-20(2)29(19)24-11-10-22(13-27-24)12-23-15-28(18-26(3,4)25(23)30)14-21-8-6-5-7-9-21/h5-13,19-20H,14-18H2,1-4H3/b23-12+. The SMILES string of the molecule is CC1COCC(C)N1c1ccc(/C=C2\CN(Cc3ccccc3)CC(C)(C)C2=O)cn1. The molecule has 1 aromatic carbocycles. The molecular weight excluding hydrogens is 386 g/mol. The maximum absolute atomic E-state index is 13.1. The van der Waals surface area contributed by atoms with E-state index in [-0.39, 0.29) is 5.78 Å². The predicted octanol–water partition coefficient (Wildman–Crippen LogP) is 4.19. The third-order valence-electron chi connectivity index (χ3n) is 6.21. The minimum atomic E-state index is -0.398. The molecule has 31 heavy (non-hydrogen) atoms. The Kier molecular flexibility index (Phi) is 6.26. The maximum Gasteiger partial charge on any atom is 0.167 e. The molecule has 5 heteroatoms. The molecule has 164 valence electrons. The van der Waals surface area contributed by atoms with Crippen molar-refractivity contribution in [2.45, 2.75) is 46.3 Å². The van der Waals surface area contributed by atoms with Gasteiger partial charge in [-0.1, -0.05) is 44.2 Å². The Labute approximate surface area is 185 Å². The molecule has 1 aromatic heterocycles. The highest BCUT2D eigenvalue weighted by Gasteiger charge is 2.37. The fourth-order valence-corrected chi connectivity index (χ4v) is 4.79. The fraction of sp³-hybridized carbons (Fsp3) is 0.462. The first-order chi connectivity index (χ1) is 14.8. The van der Waals surface area contributed by atoms with Gasteiger partial charge in [0.15, 0.2) is 5.78 Å². The van der Waals surface area contributed by atoms with Gasteiger partial charge in [0.1, 0.15) is 5.82 Å². The van der Waals surface area contributed by atoms with E-state index in [0.29, 0.717) is 18.6 Å². The van der Waals surface area contributed by atoms with Gasteiger partial charge in [-0.2, -0.15) is 0 Å². The summed E-state index contributed by atoms with van der Waals surface area (Å²) in [6.07, 6.45) is 3.90. The number of benzene rings is 1. The van der Waals surface area contributed by atoms with Crippen molar-refractivity contribution in [1.82, 2.24) is 9.88 Å². The van der Waals surface area contributed by atoms with E-state index in [9.17, 15) is 4.79 Å². The van der Waals surface area contributed by atoms with Crippen molar-refractivity contribution in [2.24, 2.45) is 5.41 Å². The molecule has 0 amide bonds. The van der Waals surface area contributed by atoms with Crippen LogP contribution < -0.4 is 4.90 Å². The van der Waals surface area contributed by atoms with Crippen LogP contribution in [0, 0.1) is 5.41 Å². The minimum Gasteiger partial charge on any atom is -0.377 e. The number of hydrogen-bond donors (Lipinski definition) is 0. The number of ketones is 1. The number of rotatable bonds is 4. The highest BCUT2D eigenvalue weighted by molar-refractivity contribution is 6.04. The van der Waals surface area contributed by atoms with Crippen molar-refractivity contribution in [3.63, 3.8) is 0 Å². The molecule has 0 saturated carbocycles. The Morgan fingerprint density at radius 3 is 2.45 bits per heavy atom. The van der Waals surface area contributed by atoms with Crippen LogP contribution in [0.1, 0.15) is 38.8 Å². The summed E-state index contributed by atoms with van der Waals surface area (Å²) >= 11 is 0. The average Bonchev–Trinajstić information content (AvgIpc) is 2.73. The number of carbonyl (C=O) groups is 1. The van der Waals surface area contributed by atoms with Crippen LogP contribution in [0.2, 0.25) is 0 Å². The van der Waals surface area contributed by atoms with E-state index in [2.05, 4.69) is 60.0 Å². The van der Waals surface area contributed by atoms with E-state index in [1.54, 1.807) is 0 Å². The van der Waals surface area contributed by atoms with Crippen LogP contribution in [-0.4, -0.2) is 54.1 Å². The number of carbonyl (C=O) groups excluding carboxylic acids is 1. The molecule has 2 aromatic rings. The number of aromatic nitrogens is 1. The first-order valence-electron chi connectivity index (χ1n) is 11.2. The van der Waals surface area contributed by atoms with Crippen molar-refractivity contribution in [2.75, 3.05) is 31.2 Å². The molecule has 0 spiro atoms. The summed E-state index contributed by atoms with van der Waals surface area (Å²) in [6.45, 7) is 12.1. The summed E-state index contributed by atoms with van der Waals surface area (Å²) in [5.74, 6) is 1.20. The number of likely N-dealkylation sites (tertiary alicyclic amines) is 1. The molecule has 0 aliphatic carbocycles. The zero-order valence-corrected chi connectivity index (χ0v) is 19.0. The molecular formula is C26H33N3O2. The zero-order valence-electron chi connectivity index (χ0n) is 19.0. The van der Waals surface area contributed by atoms with Gasteiger partial charge in [-0.05, 0) is 43.2 Å². The predicted molar refractivity (Wildman–Crippen MR) is 125 cm³/mol. The molecule has 3 heterocycles. The summed E-state index contributed by atoms with van der Waals surface area (Å²) in [5, 5.41) is 0. The third kappa shape index (κ3) is 4.89. The van der Waals surface area contributed by atoms with Crippen LogP contribution in [-0.2, 0) is 16.1 Å². The minimum absolute atomic E-state index is 0.233. The maximum atomic E-state index is 13.1. The first kappa shape index (κ1) is 21.7.